The number of hydrogen-bond donors (Lipinski definition) is 2. The van der Waals surface area contributed by atoms with Gasteiger partial charge in [-0.15, -0.1) is 0 Å². The fourth-order valence-electron chi connectivity index (χ4n) is 3.80. The first-order chi connectivity index (χ1) is 13.2. The Kier molecular flexibility index (Phi) is 4.63. The largest absolute Gasteiger partial charge is 0.399 e. The molecule has 138 valence electrons. The summed E-state index contributed by atoms with van der Waals surface area (Å²) in [4.78, 5) is 4.70. The zero-order valence-corrected chi connectivity index (χ0v) is 15.9. The van der Waals surface area contributed by atoms with Crippen molar-refractivity contribution in [1.29, 1.82) is 0 Å². The Bertz CT molecular complexity index is 921. The molecule has 0 atom stereocenters. The Hall–Kier alpha value is -3.14. The molecule has 0 spiro atoms. The molecule has 0 saturated heterocycles. The Morgan fingerprint density at radius 3 is 2.56 bits per heavy atom. The van der Waals surface area contributed by atoms with Crippen molar-refractivity contribution in [2.24, 2.45) is 0 Å². The molecule has 1 heterocycles. The molecule has 3 N–H and O–H groups in total. The van der Waals surface area contributed by atoms with Gasteiger partial charge in [-0.3, -0.25) is 0 Å². The molecule has 0 amide bonds. The number of benzene rings is 2. The van der Waals surface area contributed by atoms with Crippen molar-refractivity contribution in [3.05, 3.63) is 83.9 Å². The fourth-order valence-corrected chi connectivity index (χ4v) is 3.80. The van der Waals surface area contributed by atoms with Gasteiger partial charge in [0.1, 0.15) is 0 Å². The summed E-state index contributed by atoms with van der Waals surface area (Å²) in [7, 11) is 0. The SMILES string of the molecule is CCN(CC)C1=CC=C2Nc3ccc(N)cc3N(c3ccccc3)C2=CC1. The molecule has 0 unspecified atom stereocenters. The minimum absolute atomic E-state index is 0.764. The molecule has 4 rings (SSSR count). The van der Waals surface area contributed by atoms with Gasteiger partial charge >= 0.3 is 0 Å². The Balaban J connectivity index is 1.84. The van der Waals surface area contributed by atoms with Crippen LogP contribution in [0.1, 0.15) is 20.3 Å². The van der Waals surface area contributed by atoms with Gasteiger partial charge in [-0.25, -0.2) is 0 Å². The highest BCUT2D eigenvalue weighted by Crippen LogP contribution is 2.44. The van der Waals surface area contributed by atoms with E-state index in [1.807, 2.05) is 18.2 Å². The van der Waals surface area contributed by atoms with Gasteiger partial charge < -0.3 is 20.9 Å². The van der Waals surface area contributed by atoms with E-state index in [9.17, 15) is 0 Å². The summed E-state index contributed by atoms with van der Waals surface area (Å²) in [6.45, 7) is 6.44. The van der Waals surface area contributed by atoms with Crippen molar-refractivity contribution in [3.8, 4) is 0 Å². The number of anilines is 4. The first kappa shape index (κ1) is 17.3. The van der Waals surface area contributed by atoms with Crippen LogP contribution in [0.4, 0.5) is 22.7 Å². The topological polar surface area (TPSA) is 44.5 Å². The van der Waals surface area contributed by atoms with Crippen molar-refractivity contribution in [1.82, 2.24) is 4.90 Å². The maximum atomic E-state index is 6.11. The monoisotopic (exact) mass is 358 g/mol. The lowest BCUT2D eigenvalue weighted by molar-refractivity contribution is 0.376. The molecular formula is C23H26N4. The number of allylic oxidation sites excluding steroid dienone is 3. The molecule has 4 nitrogen and oxygen atoms in total. The number of rotatable bonds is 4. The molecule has 4 heteroatoms. The lowest BCUT2D eigenvalue weighted by Crippen LogP contribution is -2.26. The number of hydrogen-bond acceptors (Lipinski definition) is 4. The third-order valence-corrected chi connectivity index (χ3v) is 5.18. The predicted molar refractivity (Wildman–Crippen MR) is 115 cm³/mol. The Morgan fingerprint density at radius 2 is 1.81 bits per heavy atom. The second-order valence-corrected chi connectivity index (χ2v) is 6.78. The maximum Gasteiger partial charge on any atom is 0.0718 e. The number of para-hydroxylation sites is 1. The summed E-state index contributed by atoms with van der Waals surface area (Å²) in [5.74, 6) is 0. The lowest BCUT2D eigenvalue weighted by Gasteiger charge is -2.36. The van der Waals surface area contributed by atoms with E-state index in [-0.39, 0.29) is 0 Å². The molecule has 0 aromatic heterocycles. The van der Waals surface area contributed by atoms with Crippen molar-refractivity contribution in [2.75, 3.05) is 29.0 Å². The van der Waals surface area contributed by atoms with Crippen LogP contribution < -0.4 is 16.0 Å². The van der Waals surface area contributed by atoms with Crippen molar-refractivity contribution in [2.45, 2.75) is 20.3 Å². The van der Waals surface area contributed by atoms with Gasteiger partial charge in [0.25, 0.3) is 0 Å². The second-order valence-electron chi connectivity index (χ2n) is 6.78. The first-order valence-corrected chi connectivity index (χ1v) is 9.59. The third kappa shape index (κ3) is 3.19. The van der Waals surface area contributed by atoms with Crippen molar-refractivity contribution in [3.63, 3.8) is 0 Å². The van der Waals surface area contributed by atoms with Crippen LogP contribution in [-0.2, 0) is 0 Å². The fraction of sp³-hybridized carbons (Fsp3) is 0.217. The summed E-state index contributed by atoms with van der Waals surface area (Å²) < 4.78 is 0. The number of fused-ring (bicyclic) bond motifs is 2. The lowest BCUT2D eigenvalue weighted by atomic mass is 10.1. The quantitative estimate of drug-likeness (QED) is 0.735. The van der Waals surface area contributed by atoms with Crippen LogP contribution in [-0.4, -0.2) is 18.0 Å². The Morgan fingerprint density at radius 1 is 1.04 bits per heavy atom. The second kappa shape index (κ2) is 7.23. The molecule has 2 aliphatic rings. The normalized spacial score (nSPS) is 15.5. The van der Waals surface area contributed by atoms with Crippen LogP contribution in [0.5, 0.6) is 0 Å². The number of nitrogens with one attached hydrogen (secondary N) is 1. The molecule has 2 aromatic rings. The zero-order chi connectivity index (χ0) is 18.8. The zero-order valence-electron chi connectivity index (χ0n) is 15.9. The average molecular weight is 358 g/mol. The molecule has 0 bridgehead atoms. The van der Waals surface area contributed by atoms with Crippen LogP contribution in [0.3, 0.4) is 0 Å². The summed E-state index contributed by atoms with van der Waals surface area (Å²) in [5.41, 5.74) is 13.8. The highest BCUT2D eigenvalue weighted by molar-refractivity contribution is 5.88. The Labute approximate surface area is 161 Å². The molecule has 0 saturated carbocycles. The van der Waals surface area contributed by atoms with Crippen molar-refractivity contribution >= 4 is 22.7 Å². The molecule has 2 aromatic carbocycles. The van der Waals surface area contributed by atoms with Crippen LogP contribution >= 0.6 is 0 Å². The summed E-state index contributed by atoms with van der Waals surface area (Å²) in [6.07, 6.45) is 7.65. The number of nitrogens with zero attached hydrogens (tertiary/aromatic N) is 2. The minimum Gasteiger partial charge on any atom is -0.399 e. The molecular weight excluding hydrogens is 332 g/mol. The van der Waals surface area contributed by atoms with E-state index in [1.54, 1.807) is 0 Å². The standard InChI is InChI=1S/C23H26N4/c1-3-26(4-2)18-11-14-20-22(15-12-18)27(19-8-6-5-7-9-19)23-16-17(24)10-13-21(23)25-20/h5-11,13-16,25H,3-4,12,24H2,1-2H3. The molecule has 1 aliphatic heterocycles. The summed E-state index contributed by atoms with van der Waals surface area (Å²) >= 11 is 0. The van der Waals surface area contributed by atoms with Crippen LogP contribution in [0.2, 0.25) is 0 Å². The highest BCUT2D eigenvalue weighted by atomic mass is 15.2. The molecule has 0 fully saturated rings. The van der Waals surface area contributed by atoms with E-state index >= 15 is 0 Å². The highest BCUT2D eigenvalue weighted by Gasteiger charge is 2.27. The molecule has 1 aliphatic carbocycles. The van der Waals surface area contributed by atoms with Gasteiger partial charge in [-0.1, -0.05) is 24.3 Å². The van der Waals surface area contributed by atoms with Gasteiger partial charge in [-0.2, -0.15) is 0 Å². The summed E-state index contributed by atoms with van der Waals surface area (Å²) in [5, 5.41) is 3.59. The van der Waals surface area contributed by atoms with Crippen molar-refractivity contribution < 1.29 is 0 Å². The average Bonchev–Trinajstić information content (AvgIpc) is 2.91. The summed E-state index contributed by atoms with van der Waals surface area (Å²) in [6, 6.07) is 16.5. The van der Waals surface area contributed by atoms with Gasteiger partial charge in [0, 0.05) is 36.6 Å². The van der Waals surface area contributed by atoms with Crippen LogP contribution in [0, 0.1) is 0 Å². The first-order valence-electron chi connectivity index (χ1n) is 9.59. The van der Waals surface area contributed by atoms with Gasteiger partial charge in [0.2, 0.25) is 0 Å². The maximum absolute atomic E-state index is 6.11. The number of nitrogens with two attached hydrogens (primary N) is 1. The van der Waals surface area contributed by atoms with Crippen LogP contribution in [0.15, 0.2) is 83.9 Å². The number of nitrogen functional groups attached to an aromatic ring is 1. The van der Waals surface area contributed by atoms with E-state index in [0.717, 1.165) is 53.7 Å². The van der Waals surface area contributed by atoms with Gasteiger partial charge in [0.15, 0.2) is 0 Å². The predicted octanol–water partition coefficient (Wildman–Crippen LogP) is 5.23. The van der Waals surface area contributed by atoms with Gasteiger partial charge in [0.05, 0.1) is 22.8 Å². The minimum atomic E-state index is 0.764. The van der Waals surface area contributed by atoms with E-state index in [4.69, 9.17) is 5.73 Å². The molecule has 27 heavy (non-hydrogen) atoms. The van der Waals surface area contributed by atoms with E-state index in [2.05, 4.69) is 77.5 Å². The molecule has 0 radical (unpaired) electrons. The van der Waals surface area contributed by atoms with E-state index in [1.165, 1.54) is 5.70 Å². The van der Waals surface area contributed by atoms with Crippen LogP contribution in [0.25, 0.3) is 0 Å². The van der Waals surface area contributed by atoms with E-state index < -0.39 is 0 Å². The van der Waals surface area contributed by atoms with E-state index in [0.29, 0.717) is 0 Å². The van der Waals surface area contributed by atoms with Gasteiger partial charge in [-0.05, 0) is 56.3 Å². The third-order valence-electron chi connectivity index (χ3n) is 5.18. The smallest absolute Gasteiger partial charge is 0.0718 e.